The monoisotopic (exact) mass is 266 g/mol. The molecule has 0 radical (unpaired) electrons. The van der Waals surface area contributed by atoms with Gasteiger partial charge in [0.2, 0.25) is 0 Å². The molecule has 0 heterocycles. The molecule has 3 nitrogen and oxygen atoms in total. The molecule has 0 spiro atoms. The average molecular weight is 266 g/mol. The Morgan fingerprint density at radius 2 is 1.75 bits per heavy atom. The first kappa shape index (κ1) is 14.1. The lowest BCUT2D eigenvalue weighted by Crippen LogP contribution is -2.17. The fourth-order valence-corrected chi connectivity index (χ4v) is 2.16. The summed E-state index contributed by atoms with van der Waals surface area (Å²) in [6.07, 6.45) is 0. The predicted molar refractivity (Wildman–Crippen MR) is 79.3 cm³/mol. The lowest BCUT2D eigenvalue weighted by atomic mass is 10.1. The Kier molecular flexibility index (Phi) is 4.75. The fourth-order valence-electron chi connectivity index (χ4n) is 2.16. The van der Waals surface area contributed by atoms with Crippen molar-refractivity contribution in [2.75, 3.05) is 14.2 Å². The topological polar surface area (TPSA) is 36.3 Å². The highest BCUT2D eigenvalue weighted by Crippen LogP contribution is 2.15. The van der Waals surface area contributed by atoms with Crippen LogP contribution in [0.1, 0.15) is 16.7 Å². The fraction of sp³-hybridized carbons (Fsp3) is 0.235. The maximum absolute atomic E-state index is 9.10. The molecule has 0 unspecified atom stereocenters. The molecular weight excluding hydrogens is 248 g/mol. The van der Waals surface area contributed by atoms with E-state index in [1.807, 2.05) is 36.4 Å². The summed E-state index contributed by atoms with van der Waals surface area (Å²) in [4.78, 5) is 2.19. The largest absolute Gasteiger partial charge is 0.497 e. The third-order valence-electron chi connectivity index (χ3n) is 3.19. The molecule has 0 atom stereocenters. The lowest BCUT2D eigenvalue weighted by molar-refractivity contribution is 0.318. The van der Waals surface area contributed by atoms with Crippen molar-refractivity contribution in [2.45, 2.75) is 13.1 Å². The second-order valence-electron chi connectivity index (χ2n) is 4.79. The Labute approximate surface area is 120 Å². The van der Waals surface area contributed by atoms with Crippen molar-refractivity contribution in [3.8, 4) is 11.8 Å². The van der Waals surface area contributed by atoms with Gasteiger partial charge in [0, 0.05) is 13.1 Å². The number of nitriles is 1. The van der Waals surface area contributed by atoms with Gasteiger partial charge in [-0.15, -0.1) is 0 Å². The average Bonchev–Trinajstić information content (AvgIpc) is 2.48. The minimum absolute atomic E-state index is 0.745. The molecule has 102 valence electrons. The zero-order chi connectivity index (χ0) is 14.4. The van der Waals surface area contributed by atoms with Crippen molar-refractivity contribution in [1.29, 1.82) is 5.26 Å². The predicted octanol–water partition coefficient (Wildman–Crippen LogP) is 3.20. The van der Waals surface area contributed by atoms with Crippen LogP contribution in [0.25, 0.3) is 0 Å². The molecule has 20 heavy (non-hydrogen) atoms. The summed E-state index contributed by atoms with van der Waals surface area (Å²) >= 11 is 0. The molecule has 0 fully saturated rings. The first-order chi connectivity index (χ1) is 9.72. The molecule has 3 heteroatoms. The summed E-state index contributed by atoms with van der Waals surface area (Å²) in [5, 5.41) is 9.10. The zero-order valence-electron chi connectivity index (χ0n) is 11.8. The van der Waals surface area contributed by atoms with Crippen LogP contribution in [0.5, 0.6) is 5.75 Å². The standard InChI is InChI=1S/C17H18N2O/c1-19(12-14-7-9-17(20-2)10-8-14)13-16-6-4-3-5-15(16)11-18/h3-10H,12-13H2,1-2H3. The van der Waals surface area contributed by atoms with Gasteiger partial charge in [0.25, 0.3) is 0 Å². The molecular formula is C17H18N2O. The van der Waals surface area contributed by atoms with E-state index in [0.29, 0.717) is 0 Å². The zero-order valence-corrected chi connectivity index (χ0v) is 11.8. The third kappa shape index (κ3) is 3.59. The minimum Gasteiger partial charge on any atom is -0.497 e. The van der Waals surface area contributed by atoms with Crippen molar-refractivity contribution in [2.24, 2.45) is 0 Å². The number of ether oxygens (including phenoxy) is 1. The van der Waals surface area contributed by atoms with E-state index in [1.54, 1.807) is 7.11 Å². The lowest BCUT2D eigenvalue weighted by Gasteiger charge is -2.17. The maximum atomic E-state index is 9.10. The molecule has 0 amide bonds. The summed E-state index contributed by atoms with van der Waals surface area (Å²) in [5.74, 6) is 0.867. The van der Waals surface area contributed by atoms with Gasteiger partial charge in [0.05, 0.1) is 18.7 Å². The second-order valence-corrected chi connectivity index (χ2v) is 4.79. The molecule has 0 aliphatic heterocycles. The first-order valence-corrected chi connectivity index (χ1v) is 6.52. The summed E-state index contributed by atoms with van der Waals surface area (Å²) in [7, 11) is 3.72. The molecule has 2 aromatic carbocycles. The number of hydrogen-bond acceptors (Lipinski definition) is 3. The van der Waals surface area contributed by atoms with E-state index in [2.05, 4.69) is 30.1 Å². The van der Waals surface area contributed by atoms with Crippen LogP contribution in [0.2, 0.25) is 0 Å². The van der Waals surface area contributed by atoms with Gasteiger partial charge in [0.15, 0.2) is 0 Å². The van der Waals surface area contributed by atoms with Crippen molar-refractivity contribution in [3.05, 3.63) is 65.2 Å². The van der Waals surface area contributed by atoms with Gasteiger partial charge < -0.3 is 4.74 Å². The van der Waals surface area contributed by atoms with Crippen LogP contribution in [0.3, 0.4) is 0 Å². The van der Waals surface area contributed by atoms with E-state index in [-0.39, 0.29) is 0 Å². The van der Waals surface area contributed by atoms with Crippen LogP contribution >= 0.6 is 0 Å². The summed E-state index contributed by atoms with van der Waals surface area (Å²) in [5.41, 5.74) is 3.03. The Morgan fingerprint density at radius 1 is 1.05 bits per heavy atom. The molecule has 2 aromatic rings. The smallest absolute Gasteiger partial charge is 0.118 e. The second kappa shape index (κ2) is 6.74. The van der Waals surface area contributed by atoms with E-state index in [1.165, 1.54) is 5.56 Å². The van der Waals surface area contributed by atoms with Gasteiger partial charge in [-0.3, -0.25) is 4.90 Å². The molecule has 0 aromatic heterocycles. The normalized spacial score (nSPS) is 10.3. The Morgan fingerprint density at radius 3 is 2.40 bits per heavy atom. The number of rotatable bonds is 5. The number of benzene rings is 2. The highest BCUT2D eigenvalue weighted by Gasteiger charge is 2.05. The van der Waals surface area contributed by atoms with E-state index in [0.717, 1.165) is 30.0 Å². The SMILES string of the molecule is COc1ccc(CN(C)Cc2ccccc2C#N)cc1. The highest BCUT2D eigenvalue weighted by molar-refractivity contribution is 5.37. The maximum Gasteiger partial charge on any atom is 0.118 e. The Bertz CT molecular complexity index is 599. The third-order valence-corrected chi connectivity index (χ3v) is 3.19. The minimum atomic E-state index is 0.745. The van der Waals surface area contributed by atoms with Crippen molar-refractivity contribution in [1.82, 2.24) is 4.90 Å². The molecule has 0 saturated heterocycles. The van der Waals surface area contributed by atoms with Crippen molar-refractivity contribution in [3.63, 3.8) is 0 Å². The summed E-state index contributed by atoms with van der Waals surface area (Å²) in [6.45, 7) is 1.60. The van der Waals surface area contributed by atoms with Crippen LogP contribution in [0.4, 0.5) is 0 Å². The molecule has 0 aliphatic rings. The molecule has 0 aliphatic carbocycles. The first-order valence-electron chi connectivity index (χ1n) is 6.52. The number of nitrogens with zero attached hydrogens (tertiary/aromatic N) is 2. The van der Waals surface area contributed by atoms with Crippen LogP contribution < -0.4 is 4.74 Å². The quantitative estimate of drug-likeness (QED) is 0.833. The summed E-state index contributed by atoms with van der Waals surface area (Å²) < 4.78 is 5.15. The Balaban J connectivity index is 2.01. The number of methoxy groups -OCH3 is 1. The molecule has 0 saturated carbocycles. The van der Waals surface area contributed by atoms with Gasteiger partial charge in [-0.2, -0.15) is 5.26 Å². The van der Waals surface area contributed by atoms with E-state index in [9.17, 15) is 0 Å². The molecule has 2 rings (SSSR count). The van der Waals surface area contributed by atoms with E-state index < -0.39 is 0 Å². The van der Waals surface area contributed by atoms with E-state index in [4.69, 9.17) is 10.00 Å². The van der Waals surface area contributed by atoms with E-state index >= 15 is 0 Å². The van der Waals surface area contributed by atoms with Crippen LogP contribution in [0, 0.1) is 11.3 Å². The van der Waals surface area contributed by atoms with Crippen LogP contribution in [-0.2, 0) is 13.1 Å². The van der Waals surface area contributed by atoms with Gasteiger partial charge >= 0.3 is 0 Å². The molecule has 0 bridgehead atoms. The van der Waals surface area contributed by atoms with Crippen molar-refractivity contribution >= 4 is 0 Å². The van der Waals surface area contributed by atoms with Gasteiger partial charge in [-0.25, -0.2) is 0 Å². The van der Waals surface area contributed by atoms with Crippen LogP contribution in [-0.4, -0.2) is 19.1 Å². The Hall–Kier alpha value is -2.31. The van der Waals surface area contributed by atoms with Crippen molar-refractivity contribution < 1.29 is 4.74 Å². The van der Waals surface area contributed by atoms with Crippen LogP contribution in [0.15, 0.2) is 48.5 Å². The van der Waals surface area contributed by atoms with Gasteiger partial charge in [0.1, 0.15) is 5.75 Å². The van der Waals surface area contributed by atoms with Gasteiger partial charge in [-0.1, -0.05) is 30.3 Å². The highest BCUT2D eigenvalue weighted by atomic mass is 16.5. The van der Waals surface area contributed by atoms with Gasteiger partial charge in [-0.05, 0) is 36.4 Å². The number of hydrogen-bond donors (Lipinski definition) is 0. The molecule has 0 N–H and O–H groups in total. The summed E-state index contributed by atoms with van der Waals surface area (Å²) in [6, 6.07) is 18.0.